The molecule has 0 amide bonds. The Morgan fingerprint density at radius 1 is 1.07 bits per heavy atom. The Morgan fingerprint density at radius 3 is 2.33 bits per heavy atom. The van der Waals surface area contributed by atoms with E-state index in [2.05, 4.69) is 9.98 Å². The summed E-state index contributed by atoms with van der Waals surface area (Å²) in [5, 5.41) is 0. The van der Waals surface area contributed by atoms with Gasteiger partial charge < -0.3 is 0 Å². The summed E-state index contributed by atoms with van der Waals surface area (Å²) in [5.74, 6) is 0.202. The van der Waals surface area contributed by atoms with Crippen molar-refractivity contribution in [2.24, 2.45) is 4.99 Å². The van der Waals surface area contributed by atoms with Gasteiger partial charge in [0.2, 0.25) is 0 Å². The van der Waals surface area contributed by atoms with Crippen molar-refractivity contribution in [3.63, 3.8) is 0 Å². The second-order valence-electron chi connectivity index (χ2n) is 6.67. The van der Waals surface area contributed by atoms with Crippen LogP contribution in [0.5, 0.6) is 0 Å². The Morgan fingerprint density at radius 2 is 1.74 bits per heavy atom. The van der Waals surface area contributed by atoms with Crippen LogP contribution in [0.15, 0.2) is 41.5 Å². The Hall–Kier alpha value is -2.50. The summed E-state index contributed by atoms with van der Waals surface area (Å²) in [5.41, 5.74) is 4.28. The molecule has 1 aromatic carbocycles. The van der Waals surface area contributed by atoms with E-state index in [1.165, 1.54) is 5.56 Å². The number of benzene rings is 1. The molecule has 0 N–H and O–H groups in total. The number of aromatic nitrogens is 1. The van der Waals surface area contributed by atoms with Crippen LogP contribution in [0.1, 0.15) is 43.7 Å². The summed E-state index contributed by atoms with van der Waals surface area (Å²) in [7, 11) is 0. The van der Waals surface area contributed by atoms with E-state index < -0.39 is 12.6 Å². The maximum atomic E-state index is 12.1. The van der Waals surface area contributed by atoms with Crippen molar-refractivity contribution in [1.29, 1.82) is 0 Å². The van der Waals surface area contributed by atoms with E-state index >= 15 is 0 Å². The Labute approximate surface area is 157 Å². The number of hydrogen-bond donors (Lipinski definition) is 0. The van der Waals surface area contributed by atoms with Gasteiger partial charge in [0, 0.05) is 24.6 Å². The first-order chi connectivity index (χ1) is 12.7. The highest BCUT2D eigenvalue weighted by Crippen LogP contribution is 2.25. The minimum atomic E-state index is -4.17. The Balaban J connectivity index is 2.02. The van der Waals surface area contributed by atoms with Crippen LogP contribution in [0.4, 0.5) is 19.0 Å². The van der Waals surface area contributed by atoms with Crippen LogP contribution < -0.4 is 0 Å². The predicted molar refractivity (Wildman–Crippen MR) is 101 cm³/mol. The molecule has 27 heavy (non-hydrogen) atoms. The fraction of sp³-hybridized carbons (Fsp3) is 0.381. The van der Waals surface area contributed by atoms with Gasteiger partial charge >= 0.3 is 6.18 Å². The lowest BCUT2D eigenvalue weighted by atomic mass is 10.0. The molecule has 0 saturated heterocycles. The number of halogens is 3. The molecular weight excluding hydrogens is 353 g/mol. The van der Waals surface area contributed by atoms with Crippen molar-refractivity contribution in [2.45, 2.75) is 52.6 Å². The molecule has 3 nitrogen and oxygen atoms in total. The van der Waals surface area contributed by atoms with Crippen molar-refractivity contribution in [3.05, 3.63) is 47.7 Å². The van der Waals surface area contributed by atoms with Gasteiger partial charge in [-0.15, -0.1) is 0 Å². The monoisotopic (exact) mass is 376 g/mol. The van der Waals surface area contributed by atoms with Crippen LogP contribution in [0.2, 0.25) is 0 Å². The number of rotatable bonds is 7. The van der Waals surface area contributed by atoms with Crippen LogP contribution in [0.25, 0.3) is 11.1 Å². The third kappa shape index (κ3) is 6.62. The van der Waals surface area contributed by atoms with E-state index in [-0.39, 0.29) is 30.8 Å². The third-order valence-corrected chi connectivity index (χ3v) is 4.23. The molecule has 0 aliphatic carbocycles. The predicted octanol–water partition coefficient (Wildman–Crippen LogP) is 6.15. The van der Waals surface area contributed by atoms with Gasteiger partial charge in [0.25, 0.3) is 0 Å². The minimum absolute atomic E-state index is 0.0506. The standard InChI is InChI=1S/C21H23F3N2O/c1-14-7-9-17(10-8-14)18-12-15(2)20(25-13-18)26-16(3)19(27)6-4-5-11-21(22,23)24/h7-10,12-13H,4-6,11H2,1-3H3. The molecule has 0 aliphatic rings. The number of ketones is 1. The molecule has 1 heterocycles. The fourth-order valence-corrected chi connectivity index (χ4v) is 2.60. The van der Waals surface area contributed by atoms with Crippen LogP contribution in [0.3, 0.4) is 0 Å². The Kier molecular flexibility index (Phi) is 6.88. The van der Waals surface area contributed by atoms with E-state index in [1.54, 1.807) is 13.1 Å². The van der Waals surface area contributed by atoms with Crippen LogP contribution in [0, 0.1) is 13.8 Å². The average Bonchev–Trinajstić information content (AvgIpc) is 2.60. The van der Waals surface area contributed by atoms with Gasteiger partial charge in [-0.1, -0.05) is 29.8 Å². The molecule has 0 spiro atoms. The zero-order valence-electron chi connectivity index (χ0n) is 15.7. The molecule has 1 aromatic heterocycles. The molecule has 0 aliphatic heterocycles. The summed E-state index contributed by atoms with van der Waals surface area (Å²) in [4.78, 5) is 20.7. The van der Waals surface area contributed by atoms with Crippen molar-refractivity contribution >= 4 is 17.3 Å². The van der Waals surface area contributed by atoms with E-state index in [4.69, 9.17) is 0 Å². The average molecular weight is 376 g/mol. The maximum Gasteiger partial charge on any atom is 0.389 e. The van der Waals surface area contributed by atoms with Crippen LogP contribution in [-0.2, 0) is 4.79 Å². The number of carbonyl (C=O) groups excluding carboxylic acids is 1. The van der Waals surface area contributed by atoms with E-state index in [9.17, 15) is 18.0 Å². The number of unbranched alkanes of at least 4 members (excludes halogenated alkanes) is 1. The zero-order valence-corrected chi connectivity index (χ0v) is 15.7. The van der Waals surface area contributed by atoms with Crippen molar-refractivity contribution in [1.82, 2.24) is 4.98 Å². The number of Topliss-reactive ketones (excluding diaryl/α,β-unsaturated/α-hetero) is 1. The van der Waals surface area contributed by atoms with Gasteiger partial charge in [0.15, 0.2) is 11.6 Å². The molecule has 0 fully saturated rings. The van der Waals surface area contributed by atoms with Crippen molar-refractivity contribution < 1.29 is 18.0 Å². The molecule has 6 heteroatoms. The summed E-state index contributed by atoms with van der Waals surface area (Å²) < 4.78 is 36.4. The van der Waals surface area contributed by atoms with E-state index in [0.717, 1.165) is 16.7 Å². The molecule has 0 atom stereocenters. The number of pyridine rings is 1. The van der Waals surface area contributed by atoms with Gasteiger partial charge in [-0.05, 0) is 50.8 Å². The lowest BCUT2D eigenvalue weighted by molar-refractivity contribution is -0.136. The second kappa shape index (κ2) is 8.93. The summed E-state index contributed by atoms with van der Waals surface area (Å²) in [6.45, 7) is 5.46. The SMILES string of the molecule is CC(=Nc1ncc(-c2ccc(C)cc2)cc1C)C(=O)CCCCC(F)(F)F. The van der Waals surface area contributed by atoms with E-state index in [0.29, 0.717) is 5.82 Å². The first kappa shape index (κ1) is 20.8. The number of carbonyl (C=O) groups is 1. The van der Waals surface area contributed by atoms with E-state index in [1.807, 2.05) is 44.2 Å². The lowest BCUT2D eigenvalue weighted by Gasteiger charge is -2.07. The Bertz CT molecular complexity index is 824. The number of aliphatic imine (C=N–C) groups is 1. The van der Waals surface area contributed by atoms with Crippen LogP contribution >= 0.6 is 0 Å². The molecule has 0 saturated carbocycles. The molecule has 144 valence electrons. The highest BCUT2D eigenvalue weighted by atomic mass is 19.4. The fourth-order valence-electron chi connectivity index (χ4n) is 2.60. The van der Waals surface area contributed by atoms with Crippen molar-refractivity contribution in [2.75, 3.05) is 0 Å². The molecule has 2 aromatic rings. The molecule has 0 bridgehead atoms. The third-order valence-electron chi connectivity index (χ3n) is 4.23. The highest BCUT2D eigenvalue weighted by molar-refractivity contribution is 6.39. The normalized spacial score (nSPS) is 12.3. The number of hydrogen-bond acceptors (Lipinski definition) is 3. The largest absolute Gasteiger partial charge is 0.389 e. The maximum absolute atomic E-state index is 12.1. The van der Waals surface area contributed by atoms with Gasteiger partial charge in [-0.3, -0.25) is 4.79 Å². The summed E-state index contributed by atoms with van der Waals surface area (Å²) in [6, 6.07) is 10.0. The topological polar surface area (TPSA) is 42.3 Å². The second-order valence-corrected chi connectivity index (χ2v) is 6.67. The van der Waals surface area contributed by atoms with Gasteiger partial charge in [0.05, 0.1) is 5.71 Å². The summed E-state index contributed by atoms with van der Waals surface area (Å²) >= 11 is 0. The molecule has 0 radical (unpaired) electrons. The molecular formula is C21H23F3N2O. The number of nitrogens with zero attached hydrogens (tertiary/aromatic N) is 2. The zero-order chi connectivity index (χ0) is 20.0. The first-order valence-electron chi connectivity index (χ1n) is 8.84. The molecule has 2 rings (SSSR count). The summed E-state index contributed by atoms with van der Waals surface area (Å²) in [6.07, 6.45) is -3.12. The first-order valence-corrected chi connectivity index (χ1v) is 8.84. The minimum Gasteiger partial charge on any atom is -0.293 e. The number of alkyl halides is 3. The quantitative estimate of drug-likeness (QED) is 0.430. The van der Waals surface area contributed by atoms with Crippen LogP contribution in [-0.4, -0.2) is 22.7 Å². The van der Waals surface area contributed by atoms with Gasteiger partial charge in [-0.25, -0.2) is 9.98 Å². The van der Waals surface area contributed by atoms with Gasteiger partial charge in [-0.2, -0.15) is 13.2 Å². The molecule has 0 unspecified atom stereocenters. The lowest BCUT2D eigenvalue weighted by Crippen LogP contribution is -2.11. The smallest absolute Gasteiger partial charge is 0.293 e. The number of aryl methyl sites for hydroxylation is 2. The highest BCUT2D eigenvalue weighted by Gasteiger charge is 2.26. The van der Waals surface area contributed by atoms with Gasteiger partial charge in [0.1, 0.15) is 0 Å². The van der Waals surface area contributed by atoms with Crippen molar-refractivity contribution in [3.8, 4) is 11.1 Å².